The largest absolute Gasteiger partial charge is 0.386 e. The van der Waals surface area contributed by atoms with Crippen molar-refractivity contribution in [2.24, 2.45) is 0 Å². The van der Waals surface area contributed by atoms with Crippen molar-refractivity contribution in [3.63, 3.8) is 0 Å². The first-order chi connectivity index (χ1) is 6.99. The van der Waals surface area contributed by atoms with E-state index in [2.05, 4.69) is 0 Å². The van der Waals surface area contributed by atoms with Crippen LogP contribution in [0.5, 0.6) is 0 Å². The zero-order valence-corrected chi connectivity index (χ0v) is 11.3. The van der Waals surface area contributed by atoms with Gasteiger partial charge in [0.15, 0.2) is 9.84 Å². The van der Waals surface area contributed by atoms with E-state index >= 15 is 0 Å². The molecule has 0 unspecified atom stereocenters. The first-order valence-electron chi connectivity index (χ1n) is 4.57. The van der Waals surface area contributed by atoms with E-state index in [0.717, 1.165) is 0 Å². The van der Waals surface area contributed by atoms with E-state index in [9.17, 15) is 13.5 Å². The zero-order valence-electron chi connectivity index (χ0n) is 8.30. The Balaban J connectivity index is 2.92. The first-order valence-corrected chi connectivity index (χ1v) is 7.53. The molecule has 1 N–H and O–H groups in total. The maximum absolute atomic E-state index is 11.5. The van der Waals surface area contributed by atoms with E-state index in [1.807, 2.05) is 6.07 Å². The molecule has 1 aromatic rings. The van der Waals surface area contributed by atoms with Gasteiger partial charge in [-0.2, -0.15) is 0 Å². The van der Waals surface area contributed by atoms with Gasteiger partial charge < -0.3 is 5.11 Å². The van der Waals surface area contributed by atoms with E-state index in [1.165, 1.54) is 0 Å². The maximum atomic E-state index is 11.5. The Morgan fingerprint density at radius 3 is 2.33 bits per heavy atom. The van der Waals surface area contributed by atoms with Gasteiger partial charge in [-0.25, -0.2) is 8.42 Å². The molecule has 0 amide bonds. The van der Waals surface area contributed by atoms with Crippen LogP contribution in [0.4, 0.5) is 0 Å². The molecule has 3 nitrogen and oxygen atoms in total. The van der Waals surface area contributed by atoms with Gasteiger partial charge in [-0.15, -0.1) is 0 Å². The highest BCUT2D eigenvalue weighted by atomic mass is 127. The fourth-order valence-electron chi connectivity index (χ4n) is 1.16. The van der Waals surface area contributed by atoms with Gasteiger partial charge in [-0.3, -0.25) is 0 Å². The first kappa shape index (κ1) is 12.9. The van der Waals surface area contributed by atoms with Gasteiger partial charge in [-0.05, 0) is 5.56 Å². The Labute approximate surface area is 104 Å². The minimum Gasteiger partial charge on any atom is -0.386 e. The summed E-state index contributed by atoms with van der Waals surface area (Å²) < 4.78 is 22.3. The molecule has 0 aromatic heterocycles. The molecular formula is C10H13IO3S. The normalized spacial score (nSPS) is 15.9. The van der Waals surface area contributed by atoms with E-state index in [1.54, 1.807) is 53.8 Å². The molecule has 1 aromatic carbocycles. The van der Waals surface area contributed by atoms with Gasteiger partial charge in [0.2, 0.25) is 0 Å². The molecule has 5 heteroatoms. The lowest BCUT2D eigenvalue weighted by Crippen LogP contribution is -2.24. The summed E-state index contributed by atoms with van der Waals surface area (Å²) in [5, 5.41) is 9.87. The van der Waals surface area contributed by atoms with Gasteiger partial charge in [0.25, 0.3) is 0 Å². The standard InChI is InChI=1S/C10H13IO3S/c1-2-15(13,14)10(11)9(12)8-6-4-3-5-7-8/h3-7,9-10,12H,2H2,1H3/t9-,10-/m1/s1. The number of aliphatic hydroxyl groups excluding tert-OH is 1. The molecule has 0 radical (unpaired) electrons. The SMILES string of the molecule is CCS(=O)(=O)[C@@H](I)[C@H](O)c1ccccc1. The molecule has 0 heterocycles. The van der Waals surface area contributed by atoms with Crippen molar-refractivity contribution < 1.29 is 13.5 Å². The molecule has 0 spiro atoms. The predicted molar refractivity (Wildman–Crippen MR) is 68.7 cm³/mol. The van der Waals surface area contributed by atoms with Crippen LogP contribution in [0.1, 0.15) is 18.6 Å². The fraction of sp³-hybridized carbons (Fsp3) is 0.400. The summed E-state index contributed by atoms with van der Waals surface area (Å²) in [6, 6.07) is 8.83. The van der Waals surface area contributed by atoms with Gasteiger partial charge >= 0.3 is 0 Å². The van der Waals surface area contributed by atoms with Crippen molar-refractivity contribution in [3.8, 4) is 0 Å². The second-order valence-corrected chi connectivity index (χ2v) is 7.76. The molecule has 0 saturated heterocycles. The highest BCUT2D eigenvalue weighted by molar-refractivity contribution is 14.1. The Kier molecular flexibility index (Phi) is 4.54. The van der Waals surface area contributed by atoms with Crippen molar-refractivity contribution in [1.29, 1.82) is 0 Å². The highest BCUT2D eigenvalue weighted by Crippen LogP contribution is 2.27. The van der Waals surface area contributed by atoms with E-state index in [0.29, 0.717) is 5.56 Å². The van der Waals surface area contributed by atoms with Crippen LogP contribution < -0.4 is 0 Å². The Morgan fingerprint density at radius 1 is 1.33 bits per heavy atom. The summed E-state index contributed by atoms with van der Waals surface area (Å²) in [5.74, 6) is 0.0461. The topological polar surface area (TPSA) is 54.4 Å². The van der Waals surface area contributed by atoms with Crippen LogP contribution in [0.2, 0.25) is 0 Å². The third-order valence-electron chi connectivity index (χ3n) is 2.13. The molecular weight excluding hydrogens is 327 g/mol. The second-order valence-electron chi connectivity index (χ2n) is 3.16. The quantitative estimate of drug-likeness (QED) is 0.673. The molecule has 2 atom stereocenters. The van der Waals surface area contributed by atoms with Gasteiger partial charge in [0, 0.05) is 5.75 Å². The van der Waals surface area contributed by atoms with Gasteiger partial charge in [0.05, 0.1) is 0 Å². The summed E-state index contributed by atoms with van der Waals surface area (Å²) in [5.41, 5.74) is 0.633. The summed E-state index contributed by atoms with van der Waals surface area (Å²) in [4.78, 5) is 0. The summed E-state index contributed by atoms with van der Waals surface area (Å²) in [6.45, 7) is 1.58. The third kappa shape index (κ3) is 3.15. The fourth-order valence-corrected chi connectivity index (χ4v) is 3.52. The van der Waals surface area contributed by atoms with Crippen molar-refractivity contribution in [2.45, 2.75) is 16.3 Å². The number of halogens is 1. The molecule has 0 saturated carbocycles. The minimum atomic E-state index is -3.21. The van der Waals surface area contributed by atoms with Crippen molar-refractivity contribution >= 4 is 32.4 Å². The predicted octanol–water partition coefficient (Wildman–Crippen LogP) is 1.92. The number of sulfone groups is 1. The van der Waals surface area contributed by atoms with E-state index < -0.39 is 19.2 Å². The van der Waals surface area contributed by atoms with Crippen molar-refractivity contribution in [3.05, 3.63) is 35.9 Å². The summed E-state index contributed by atoms with van der Waals surface area (Å²) >= 11 is 1.78. The lowest BCUT2D eigenvalue weighted by Gasteiger charge is -2.17. The number of hydrogen-bond donors (Lipinski definition) is 1. The summed E-state index contributed by atoms with van der Waals surface area (Å²) in [7, 11) is -3.21. The van der Waals surface area contributed by atoms with Crippen molar-refractivity contribution in [2.75, 3.05) is 5.75 Å². The van der Waals surface area contributed by atoms with Crippen LogP contribution in [0.25, 0.3) is 0 Å². The third-order valence-corrected chi connectivity index (χ3v) is 6.89. The van der Waals surface area contributed by atoms with Gasteiger partial charge in [0.1, 0.15) is 9.36 Å². The molecule has 15 heavy (non-hydrogen) atoms. The van der Waals surface area contributed by atoms with E-state index in [-0.39, 0.29) is 5.75 Å². The number of hydrogen-bond acceptors (Lipinski definition) is 3. The Morgan fingerprint density at radius 2 is 1.87 bits per heavy atom. The number of alkyl halides is 1. The molecule has 0 bridgehead atoms. The number of benzene rings is 1. The monoisotopic (exact) mass is 340 g/mol. The van der Waals surface area contributed by atoms with Gasteiger partial charge in [-0.1, -0.05) is 59.8 Å². The van der Waals surface area contributed by atoms with Crippen LogP contribution >= 0.6 is 22.6 Å². The van der Waals surface area contributed by atoms with Crippen LogP contribution in [0, 0.1) is 0 Å². The van der Waals surface area contributed by atoms with E-state index in [4.69, 9.17) is 0 Å². The van der Waals surface area contributed by atoms with Crippen LogP contribution in [-0.2, 0) is 9.84 Å². The zero-order chi connectivity index (χ0) is 11.5. The maximum Gasteiger partial charge on any atom is 0.164 e. The number of aliphatic hydroxyl groups is 1. The molecule has 0 aliphatic rings. The molecule has 84 valence electrons. The molecule has 1 rings (SSSR count). The van der Waals surface area contributed by atoms with Crippen molar-refractivity contribution in [1.82, 2.24) is 0 Å². The highest BCUT2D eigenvalue weighted by Gasteiger charge is 2.29. The molecule has 0 aliphatic carbocycles. The molecule has 0 aliphatic heterocycles. The van der Waals surface area contributed by atoms with Crippen LogP contribution in [0.15, 0.2) is 30.3 Å². The Bertz CT molecular complexity index is 402. The van der Waals surface area contributed by atoms with Crippen LogP contribution in [-0.4, -0.2) is 22.5 Å². The average Bonchev–Trinajstić information content (AvgIpc) is 2.28. The van der Waals surface area contributed by atoms with Crippen LogP contribution in [0.3, 0.4) is 0 Å². The minimum absolute atomic E-state index is 0.0461. The summed E-state index contributed by atoms with van der Waals surface area (Å²) in [6.07, 6.45) is -0.961. The Hall–Kier alpha value is -0.140. The lowest BCUT2D eigenvalue weighted by molar-refractivity contribution is 0.197. The second kappa shape index (κ2) is 5.27. The lowest BCUT2D eigenvalue weighted by atomic mass is 10.1. The number of rotatable bonds is 4. The smallest absolute Gasteiger partial charge is 0.164 e. The molecule has 0 fully saturated rings. The average molecular weight is 340 g/mol.